The summed E-state index contributed by atoms with van der Waals surface area (Å²) >= 11 is 0. The van der Waals surface area contributed by atoms with Crippen LogP contribution in [0.2, 0.25) is 0 Å². The van der Waals surface area contributed by atoms with Gasteiger partial charge < -0.3 is 10.1 Å². The maximum absolute atomic E-state index is 13.4. The molecule has 1 saturated heterocycles. The summed E-state index contributed by atoms with van der Waals surface area (Å²) in [5.41, 5.74) is 7.14. The molecule has 1 unspecified atom stereocenters. The van der Waals surface area contributed by atoms with Crippen LogP contribution in [0.3, 0.4) is 0 Å². The highest BCUT2D eigenvalue weighted by atomic mass is 32.2. The molecule has 224 valence electrons. The number of rotatable bonds is 5. The topological polar surface area (TPSA) is 162 Å². The van der Waals surface area contributed by atoms with E-state index in [2.05, 4.69) is 54.0 Å². The van der Waals surface area contributed by atoms with Gasteiger partial charge in [0.15, 0.2) is 21.3 Å². The Labute approximate surface area is 247 Å². The zero-order valence-electron chi connectivity index (χ0n) is 25.2. The molecule has 0 amide bonds. The van der Waals surface area contributed by atoms with Crippen LogP contribution in [-0.4, -0.2) is 53.0 Å². The standard InChI is InChI=1S/C31H37N5O3S.H4N2/c1-17(2)40(37,38)24-10-8-7-9-21(24)27-25-20(5)35-36-30(25)34-29(33-27)23-15-18(3)26(22-16-19(4)39-28(22)23)31(6)11-13-32-14-12-31;1-2/h7-10,15,17,19,32H,11-14,16H2,1-6H3,(H,33,34,35,36);1-2H2. The molecular formula is C31H41N7O3S. The van der Waals surface area contributed by atoms with Gasteiger partial charge in [0.2, 0.25) is 0 Å². The predicted octanol–water partition coefficient (Wildman–Crippen LogP) is 4.27. The average molecular weight is 592 g/mol. The van der Waals surface area contributed by atoms with Crippen LogP contribution in [0.1, 0.15) is 62.9 Å². The van der Waals surface area contributed by atoms with Crippen molar-refractivity contribution in [3.05, 3.63) is 52.7 Å². The summed E-state index contributed by atoms with van der Waals surface area (Å²) in [7, 11) is -3.57. The molecule has 0 bridgehead atoms. The molecule has 0 radical (unpaired) electrons. The lowest BCUT2D eigenvalue weighted by Crippen LogP contribution is -2.38. The van der Waals surface area contributed by atoms with Crippen molar-refractivity contribution in [1.82, 2.24) is 25.5 Å². The van der Waals surface area contributed by atoms with Gasteiger partial charge in [0.05, 0.1) is 26.8 Å². The molecule has 0 aliphatic carbocycles. The first-order chi connectivity index (χ1) is 20.0. The molecule has 2 aliphatic rings. The third kappa shape index (κ3) is 4.98. The van der Waals surface area contributed by atoms with Gasteiger partial charge in [-0.2, -0.15) is 5.10 Å². The second-order valence-corrected chi connectivity index (χ2v) is 14.4. The quantitative estimate of drug-likeness (QED) is 0.196. The maximum Gasteiger partial charge on any atom is 0.185 e. The number of ether oxygens (including phenoxy) is 1. The van der Waals surface area contributed by atoms with E-state index in [9.17, 15) is 8.42 Å². The lowest BCUT2D eigenvalue weighted by atomic mass is 9.70. The monoisotopic (exact) mass is 591 g/mol. The Hall–Kier alpha value is -3.38. The van der Waals surface area contributed by atoms with Crippen LogP contribution in [0.4, 0.5) is 0 Å². The van der Waals surface area contributed by atoms with Crippen molar-refractivity contribution in [3.63, 3.8) is 0 Å². The molecular weight excluding hydrogens is 550 g/mol. The van der Waals surface area contributed by atoms with Crippen LogP contribution in [0.15, 0.2) is 35.2 Å². The highest BCUT2D eigenvalue weighted by Crippen LogP contribution is 2.48. The van der Waals surface area contributed by atoms with Crippen molar-refractivity contribution in [2.24, 2.45) is 11.7 Å². The predicted molar refractivity (Wildman–Crippen MR) is 166 cm³/mol. The van der Waals surface area contributed by atoms with Gasteiger partial charge in [-0.1, -0.05) is 25.1 Å². The van der Waals surface area contributed by atoms with Gasteiger partial charge in [-0.25, -0.2) is 18.4 Å². The van der Waals surface area contributed by atoms with Crippen molar-refractivity contribution in [2.75, 3.05) is 13.1 Å². The highest BCUT2D eigenvalue weighted by molar-refractivity contribution is 7.92. The summed E-state index contributed by atoms with van der Waals surface area (Å²) in [5, 5.41) is 11.2. The molecule has 1 atom stereocenters. The van der Waals surface area contributed by atoms with Gasteiger partial charge in [-0.05, 0) is 89.2 Å². The summed E-state index contributed by atoms with van der Waals surface area (Å²) < 4.78 is 33.3. The Morgan fingerprint density at radius 3 is 2.45 bits per heavy atom. The highest BCUT2D eigenvalue weighted by Gasteiger charge is 2.38. The number of fused-ring (bicyclic) bond motifs is 2. The van der Waals surface area contributed by atoms with Gasteiger partial charge in [-0.15, -0.1) is 0 Å². The third-order valence-corrected chi connectivity index (χ3v) is 10.8. The van der Waals surface area contributed by atoms with Crippen LogP contribution in [0.25, 0.3) is 33.7 Å². The number of sulfone groups is 1. The minimum atomic E-state index is -3.57. The zero-order chi connectivity index (χ0) is 30.4. The Morgan fingerprint density at radius 2 is 1.76 bits per heavy atom. The lowest BCUT2D eigenvalue weighted by Gasteiger charge is -2.37. The van der Waals surface area contributed by atoms with E-state index >= 15 is 0 Å². The molecule has 2 aromatic carbocycles. The molecule has 42 heavy (non-hydrogen) atoms. The number of hydrogen-bond acceptors (Lipinski definition) is 9. The van der Waals surface area contributed by atoms with Crippen LogP contribution >= 0.6 is 0 Å². The average Bonchev–Trinajstić information content (AvgIpc) is 3.55. The lowest BCUT2D eigenvalue weighted by molar-refractivity contribution is 0.255. The number of benzene rings is 2. The van der Waals surface area contributed by atoms with Gasteiger partial charge in [0, 0.05) is 23.2 Å². The summed E-state index contributed by atoms with van der Waals surface area (Å²) in [6, 6.07) is 9.24. The summed E-state index contributed by atoms with van der Waals surface area (Å²) in [5.74, 6) is 9.33. The molecule has 4 heterocycles. The molecule has 6 rings (SSSR count). The maximum atomic E-state index is 13.4. The van der Waals surface area contributed by atoms with E-state index in [0.29, 0.717) is 22.7 Å². The zero-order valence-corrected chi connectivity index (χ0v) is 26.0. The van der Waals surface area contributed by atoms with Crippen molar-refractivity contribution >= 4 is 20.9 Å². The molecule has 0 spiro atoms. The number of hydrogen-bond donors (Lipinski definition) is 4. The Morgan fingerprint density at radius 1 is 1.07 bits per heavy atom. The van der Waals surface area contributed by atoms with Crippen LogP contribution in [-0.2, 0) is 21.7 Å². The van der Waals surface area contributed by atoms with Crippen molar-refractivity contribution in [2.45, 2.75) is 82.5 Å². The first-order valence-electron chi connectivity index (χ1n) is 14.5. The summed E-state index contributed by atoms with van der Waals surface area (Å²) in [6.07, 6.45) is 3.05. The third-order valence-electron chi connectivity index (χ3n) is 8.60. The first kappa shape index (κ1) is 30.1. The number of hydrazine groups is 1. The summed E-state index contributed by atoms with van der Waals surface area (Å²) in [6.45, 7) is 14.0. The SMILES string of the molecule is Cc1cc(-c2nc(-c3ccccc3S(=O)(=O)C(C)C)c3c(C)[nH]nc3n2)c2c(c1C1(C)CCNCC1)CC(C)O2.NN. The number of H-pyrrole nitrogens is 1. The fraction of sp³-hybridized carbons (Fsp3) is 0.452. The fourth-order valence-corrected chi connectivity index (χ4v) is 7.76. The fourth-order valence-electron chi connectivity index (χ4n) is 6.51. The second-order valence-electron chi connectivity index (χ2n) is 11.9. The molecule has 6 N–H and O–H groups in total. The van der Waals surface area contributed by atoms with E-state index in [1.807, 2.05) is 19.1 Å². The molecule has 10 nitrogen and oxygen atoms in total. The van der Waals surface area contributed by atoms with E-state index in [4.69, 9.17) is 14.7 Å². The molecule has 4 aromatic rings. The van der Waals surface area contributed by atoms with Crippen LogP contribution < -0.4 is 21.7 Å². The Bertz CT molecular complexity index is 1740. The number of nitrogens with two attached hydrogens (primary N) is 2. The minimum absolute atomic E-state index is 0.0485. The van der Waals surface area contributed by atoms with E-state index in [1.165, 1.54) is 16.7 Å². The van der Waals surface area contributed by atoms with E-state index in [1.54, 1.807) is 26.0 Å². The smallest absolute Gasteiger partial charge is 0.185 e. The van der Waals surface area contributed by atoms with E-state index < -0.39 is 15.1 Å². The minimum Gasteiger partial charge on any atom is -0.489 e. The molecule has 1 fully saturated rings. The largest absolute Gasteiger partial charge is 0.489 e. The number of nitrogens with zero attached hydrogens (tertiary/aromatic N) is 3. The molecule has 11 heteroatoms. The first-order valence-corrected chi connectivity index (χ1v) is 16.0. The van der Waals surface area contributed by atoms with E-state index in [0.717, 1.165) is 54.7 Å². The summed E-state index contributed by atoms with van der Waals surface area (Å²) in [4.78, 5) is 10.2. The van der Waals surface area contributed by atoms with Gasteiger partial charge in [-0.3, -0.25) is 16.8 Å². The Balaban J connectivity index is 0.00000173. The number of nitrogens with one attached hydrogen (secondary N) is 2. The Kier molecular flexibility index (Phi) is 8.14. The molecule has 2 aromatic heterocycles. The van der Waals surface area contributed by atoms with Crippen LogP contribution in [0.5, 0.6) is 5.75 Å². The molecule has 2 aliphatic heterocycles. The van der Waals surface area contributed by atoms with Gasteiger partial charge >= 0.3 is 0 Å². The van der Waals surface area contributed by atoms with Crippen LogP contribution in [0, 0.1) is 13.8 Å². The van der Waals surface area contributed by atoms with Crippen molar-refractivity contribution in [1.29, 1.82) is 0 Å². The van der Waals surface area contributed by atoms with Crippen molar-refractivity contribution < 1.29 is 13.2 Å². The number of piperidine rings is 1. The number of aromatic amines is 1. The number of aromatic nitrogens is 4. The van der Waals surface area contributed by atoms with E-state index in [-0.39, 0.29) is 16.4 Å². The van der Waals surface area contributed by atoms with Gasteiger partial charge in [0.1, 0.15) is 11.9 Å². The van der Waals surface area contributed by atoms with Crippen molar-refractivity contribution in [3.8, 4) is 28.4 Å². The number of aryl methyl sites for hydroxylation is 2. The second kappa shape index (κ2) is 11.4. The van der Waals surface area contributed by atoms with Gasteiger partial charge in [0.25, 0.3) is 0 Å². The normalized spacial score (nSPS) is 18.0. The molecule has 0 saturated carbocycles.